The molecule has 0 saturated heterocycles. The minimum absolute atomic E-state index is 0.120. The van der Waals surface area contributed by atoms with Crippen molar-refractivity contribution >= 4 is 21.8 Å². The van der Waals surface area contributed by atoms with Crippen molar-refractivity contribution in [3.63, 3.8) is 0 Å². The molecule has 1 fully saturated rings. The maximum absolute atomic E-state index is 12.3. The van der Waals surface area contributed by atoms with Crippen molar-refractivity contribution in [1.82, 2.24) is 4.90 Å². The number of carbonyl (C=O) groups is 1. The van der Waals surface area contributed by atoms with Gasteiger partial charge in [0.2, 0.25) is 0 Å². The summed E-state index contributed by atoms with van der Waals surface area (Å²) >= 11 is 3.40. The largest absolute Gasteiger partial charge is 0.497 e. The van der Waals surface area contributed by atoms with E-state index in [1.807, 2.05) is 29.2 Å². The Hall–Kier alpha value is -1.03. The van der Waals surface area contributed by atoms with Gasteiger partial charge in [-0.1, -0.05) is 15.9 Å². The molecule has 4 heteroatoms. The Bertz CT molecular complexity index is 387. The van der Waals surface area contributed by atoms with Crippen LogP contribution in [0.3, 0.4) is 0 Å². The Morgan fingerprint density at radius 3 is 2.53 bits per heavy atom. The third-order valence-electron chi connectivity index (χ3n) is 2.91. The fraction of sp³-hybridized carbons (Fsp3) is 0.462. The van der Waals surface area contributed by atoms with E-state index in [9.17, 15) is 4.79 Å². The van der Waals surface area contributed by atoms with E-state index in [-0.39, 0.29) is 5.91 Å². The van der Waals surface area contributed by atoms with Crippen molar-refractivity contribution in [2.45, 2.75) is 18.9 Å². The first-order chi connectivity index (χ1) is 8.26. The number of methoxy groups -OCH3 is 1. The van der Waals surface area contributed by atoms with Crippen LogP contribution < -0.4 is 4.74 Å². The summed E-state index contributed by atoms with van der Waals surface area (Å²) in [5, 5.41) is 0.825. The summed E-state index contributed by atoms with van der Waals surface area (Å²) in [5.41, 5.74) is 0.735. The van der Waals surface area contributed by atoms with Crippen molar-refractivity contribution in [3.05, 3.63) is 29.8 Å². The number of nitrogens with zero attached hydrogens (tertiary/aromatic N) is 1. The van der Waals surface area contributed by atoms with E-state index < -0.39 is 0 Å². The smallest absolute Gasteiger partial charge is 0.254 e. The summed E-state index contributed by atoms with van der Waals surface area (Å²) in [6.07, 6.45) is 2.27. The molecule has 1 aromatic carbocycles. The Morgan fingerprint density at radius 1 is 1.41 bits per heavy atom. The van der Waals surface area contributed by atoms with E-state index in [0.717, 1.165) is 36.0 Å². The maximum atomic E-state index is 12.3. The second kappa shape index (κ2) is 5.54. The number of hydrogen-bond acceptors (Lipinski definition) is 2. The van der Waals surface area contributed by atoms with Crippen molar-refractivity contribution in [2.24, 2.45) is 0 Å². The van der Waals surface area contributed by atoms with Gasteiger partial charge in [0.05, 0.1) is 7.11 Å². The minimum atomic E-state index is 0.120. The van der Waals surface area contributed by atoms with Crippen LogP contribution >= 0.6 is 15.9 Å². The summed E-state index contributed by atoms with van der Waals surface area (Å²) in [6.45, 7) is 0.773. The SMILES string of the molecule is COc1ccc(C(=O)N(CCBr)C2CC2)cc1. The number of ether oxygens (including phenoxy) is 1. The van der Waals surface area contributed by atoms with Crippen LogP contribution in [0.15, 0.2) is 24.3 Å². The first kappa shape index (κ1) is 12.4. The zero-order valence-corrected chi connectivity index (χ0v) is 11.4. The summed E-state index contributed by atoms with van der Waals surface area (Å²) in [4.78, 5) is 14.2. The van der Waals surface area contributed by atoms with Crippen LogP contribution in [0, 0.1) is 0 Å². The van der Waals surface area contributed by atoms with Gasteiger partial charge in [0.25, 0.3) is 5.91 Å². The average molecular weight is 298 g/mol. The van der Waals surface area contributed by atoms with Crippen LogP contribution in [0.4, 0.5) is 0 Å². The predicted molar refractivity (Wildman–Crippen MR) is 70.8 cm³/mol. The number of amides is 1. The first-order valence-corrected chi connectivity index (χ1v) is 6.89. The van der Waals surface area contributed by atoms with Gasteiger partial charge >= 0.3 is 0 Å². The standard InChI is InChI=1S/C13H16BrNO2/c1-17-12-6-2-10(3-7-12)13(16)15(9-8-14)11-4-5-11/h2-3,6-7,11H,4-5,8-9H2,1H3. The number of hydrogen-bond donors (Lipinski definition) is 0. The van der Waals surface area contributed by atoms with Crippen molar-refractivity contribution < 1.29 is 9.53 Å². The summed E-state index contributed by atoms with van der Waals surface area (Å²) in [5.74, 6) is 0.898. The Morgan fingerprint density at radius 2 is 2.06 bits per heavy atom. The third kappa shape index (κ3) is 3.00. The van der Waals surface area contributed by atoms with Crippen LogP contribution in [0.2, 0.25) is 0 Å². The van der Waals surface area contributed by atoms with Crippen LogP contribution in [0.5, 0.6) is 5.75 Å². The lowest BCUT2D eigenvalue weighted by Crippen LogP contribution is -2.34. The number of halogens is 1. The Labute approximate surface area is 110 Å². The normalized spacial score (nSPS) is 14.5. The van der Waals surface area contributed by atoms with Gasteiger partial charge < -0.3 is 9.64 Å². The minimum Gasteiger partial charge on any atom is -0.497 e. The van der Waals surface area contributed by atoms with Crippen LogP contribution in [0.25, 0.3) is 0 Å². The van der Waals surface area contributed by atoms with E-state index in [1.54, 1.807) is 7.11 Å². The lowest BCUT2D eigenvalue weighted by molar-refractivity contribution is 0.0754. The van der Waals surface area contributed by atoms with E-state index in [2.05, 4.69) is 15.9 Å². The molecular formula is C13H16BrNO2. The van der Waals surface area contributed by atoms with Crippen molar-refractivity contribution in [2.75, 3.05) is 19.0 Å². The van der Waals surface area contributed by atoms with Crippen molar-refractivity contribution in [1.29, 1.82) is 0 Å². The molecule has 0 N–H and O–H groups in total. The van der Waals surface area contributed by atoms with Crippen molar-refractivity contribution in [3.8, 4) is 5.75 Å². The van der Waals surface area contributed by atoms with Gasteiger partial charge in [0.15, 0.2) is 0 Å². The van der Waals surface area contributed by atoms with E-state index in [1.165, 1.54) is 0 Å². The van der Waals surface area contributed by atoms with E-state index >= 15 is 0 Å². The first-order valence-electron chi connectivity index (χ1n) is 5.77. The molecule has 2 rings (SSSR count). The highest BCUT2D eigenvalue weighted by Gasteiger charge is 2.32. The predicted octanol–water partition coefficient (Wildman–Crippen LogP) is 2.69. The fourth-order valence-electron chi connectivity index (χ4n) is 1.83. The molecule has 0 unspecified atom stereocenters. The fourth-order valence-corrected chi connectivity index (χ4v) is 2.21. The number of alkyl halides is 1. The molecule has 0 aromatic heterocycles. The number of benzene rings is 1. The molecule has 0 atom stereocenters. The molecule has 0 bridgehead atoms. The molecule has 1 aromatic rings. The number of rotatable bonds is 5. The molecule has 0 aliphatic heterocycles. The van der Waals surface area contributed by atoms with E-state index in [0.29, 0.717) is 6.04 Å². The maximum Gasteiger partial charge on any atom is 0.254 e. The van der Waals surface area contributed by atoms with Gasteiger partial charge in [-0.2, -0.15) is 0 Å². The molecule has 0 spiro atoms. The highest BCUT2D eigenvalue weighted by Crippen LogP contribution is 2.28. The number of carbonyl (C=O) groups excluding carboxylic acids is 1. The Kier molecular flexibility index (Phi) is 4.05. The zero-order valence-electron chi connectivity index (χ0n) is 9.86. The zero-order chi connectivity index (χ0) is 12.3. The van der Waals surface area contributed by atoms with Gasteiger partial charge in [-0.25, -0.2) is 0 Å². The van der Waals surface area contributed by atoms with Gasteiger partial charge in [0, 0.05) is 23.5 Å². The molecule has 1 aliphatic carbocycles. The van der Waals surface area contributed by atoms with Crippen LogP contribution in [0.1, 0.15) is 23.2 Å². The molecule has 0 radical (unpaired) electrons. The molecule has 0 heterocycles. The summed E-state index contributed by atoms with van der Waals surface area (Å²) in [7, 11) is 1.62. The second-order valence-electron chi connectivity index (χ2n) is 4.15. The molecule has 1 saturated carbocycles. The quantitative estimate of drug-likeness (QED) is 0.782. The highest BCUT2D eigenvalue weighted by atomic mass is 79.9. The van der Waals surface area contributed by atoms with E-state index in [4.69, 9.17) is 4.74 Å². The van der Waals surface area contributed by atoms with Crippen LogP contribution in [-0.4, -0.2) is 35.8 Å². The van der Waals surface area contributed by atoms with Gasteiger partial charge in [-0.05, 0) is 37.1 Å². The lowest BCUT2D eigenvalue weighted by Gasteiger charge is -2.21. The topological polar surface area (TPSA) is 29.5 Å². The lowest BCUT2D eigenvalue weighted by atomic mass is 10.2. The van der Waals surface area contributed by atoms with Gasteiger partial charge in [0.1, 0.15) is 5.75 Å². The summed E-state index contributed by atoms with van der Waals surface area (Å²) in [6, 6.07) is 7.75. The molecule has 1 aliphatic rings. The molecule has 92 valence electrons. The molecule has 1 amide bonds. The van der Waals surface area contributed by atoms with Gasteiger partial charge in [-0.15, -0.1) is 0 Å². The average Bonchev–Trinajstić information content (AvgIpc) is 3.19. The van der Waals surface area contributed by atoms with Crippen LogP contribution in [-0.2, 0) is 0 Å². The third-order valence-corrected chi connectivity index (χ3v) is 3.27. The highest BCUT2D eigenvalue weighted by molar-refractivity contribution is 9.09. The molecule has 3 nitrogen and oxygen atoms in total. The molecular weight excluding hydrogens is 282 g/mol. The van der Waals surface area contributed by atoms with Gasteiger partial charge in [-0.3, -0.25) is 4.79 Å². The monoisotopic (exact) mass is 297 g/mol. The summed E-state index contributed by atoms with van der Waals surface area (Å²) < 4.78 is 5.08. The second-order valence-corrected chi connectivity index (χ2v) is 4.94. The molecule has 17 heavy (non-hydrogen) atoms. The Balaban J connectivity index is 2.10.